The molecule has 28 aromatic rings. The molecule has 0 saturated carbocycles. The van der Waals surface area contributed by atoms with E-state index in [4.69, 9.17) is 0 Å². The molecule has 608 valence electrons. The zero-order chi connectivity index (χ0) is 86.1. The molecule has 0 bridgehead atoms. The van der Waals surface area contributed by atoms with Gasteiger partial charge in [-0.15, -0.1) is 0 Å². The Kier molecular flexibility index (Phi) is 15.4. The van der Waals surface area contributed by atoms with E-state index in [1.165, 1.54) is 274 Å². The van der Waals surface area contributed by atoms with Crippen LogP contribution in [0.4, 0.5) is 0 Å². The van der Waals surface area contributed by atoms with E-state index in [2.05, 4.69) is 479 Å². The van der Waals surface area contributed by atoms with Crippen molar-refractivity contribution in [1.29, 1.82) is 0 Å². The first-order valence-electron chi connectivity index (χ1n) is 45.8. The number of para-hydroxylation sites is 4. The summed E-state index contributed by atoms with van der Waals surface area (Å²) in [4.78, 5) is 0. The summed E-state index contributed by atoms with van der Waals surface area (Å²) >= 11 is 0. The summed E-state index contributed by atoms with van der Waals surface area (Å²) in [5.74, 6) is 0. The number of hydrogen-bond acceptors (Lipinski definition) is 0. The second-order valence-electron chi connectivity index (χ2n) is 35.9. The molecule has 2 aliphatic carbocycles. The van der Waals surface area contributed by atoms with Gasteiger partial charge in [0, 0.05) is 65.5 Å². The maximum Gasteiger partial charge on any atom is 0.0546 e. The van der Waals surface area contributed by atoms with Crippen molar-refractivity contribution >= 4 is 173 Å². The molecule has 0 amide bonds. The lowest BCUT2D eigenvalue weighted by molar-refractivity contribution is 1.18. The van der Waals surface area contributed by atoms with E-state index in [1.54, 1.807) is 0 Å². The summed E-state index contributed by atoms with van der Waals surface area (Å²) in [6, 6.07) is 171. The van der Waals surface area contributed by atoms with Gasteiger partial charge < -0.3 is 18.3 Å². The summed E-state index contributed by atoms with van der Waals surface area (Å²) in [6.07, 6.45) is 0. The zero-order valence-electron chi connectivity index (χ0n) is 71.7. The fourth-order valence-electron chi connectivity index (χ4n) is 23.5. The average molecular weight is 1670 g/mol. The normalized spacial score (nSPS) is 12.2. The van der Waals surface area contributed by atoms with Gasteiger partial charge in [0.25, 0.3) is 0 Å². The minimum atomic E-state index is 1.15. The van der Waals surface area contributed by atoms with E-state index in [0.29, 0.717) is 0 Å². The predicted molar refractivity (Wildman–Crippen MR) is 561 cm³/mol. The van der Waals surface area contributed by atoms with Gasteiger partial charge in [-0.25, -0.2) is 0 Å². The third-order valence-corrected chi connectivity index (χ3v) is 29.3. The molecule has 30 rings (SSSR count). The third kappa shape index (κ3) is 10.5. The van der Waals surface area contributed by atoms with Crippen LogP contribution in [0.25, 0.3) is 285 Å². The van der Waals surface area contributed by atoms with E-state index >= 15 is 0 Å². The minimum absolute atomic E-state index is 1.15. The first kappa shape index (κ1) is 72.7. The van der Waals surface area contributed by atoms with Crippen molar-refractivity contribution in [2.75, 3.05) is 0 Å². The molecule has 24 aromatic carbocycles. The number of rotatable bonds is 8. The Balaban J connectivity index is 0.000000129. The highest BCUT2D eigenvalue weighted by molar-refractivity contribution is 6.28. The predicted octanol–water partition coefficient (Wildman–Crippen LogP) is 35.0. The molecule has 0 fully saturated rings. The number of aromatic nitrogens is 4. The molecule has 0 spiro atoms. The Morgan fingerprint density at radius 3 is 0.841 bits per heavy atom. The molecular weight excluding hydrogens is 1590 g/mol. The maximum absolute atomic E-state index is 2.48. The van der Waals surface area contributed by atoms with E-state index < -0.39 is 0 Å². The molecule has 0 N–H and O–H groups in total. The van der Waals surface area contributed by atoms with Crippen molar-refractivity contribution in [3.8, 4) is 112 Å². The van der Waals surface area contributed by atoms with E-state index in [1.807, 2.05) is 0 Å². The Bertz CT molecular complexity index is 9810. The molecule has 4 aromatic heterocycles. The van der Waals surface area contributed by atoms with E-state index in [-0.39, 0.29) is 0 Å². The molecule has 0 saturated heterocycles. The van der Waals surface area contributed by atoms with Crippen LogP contribution in [-0.2, 0) is 0 Å². The fourth-order valence-corrected chi connectivity index (χ4v) is 23.5. The van der Waals surface area contributed by atoms with Crippen LogP contribution in [0.1, 0.15) is 0 Å². The molecular formula is C128H76N4. The van der Waals surface area contributed by atoms with E-state index in [9.17, 15) is 0 Å². The molecule has 0 aliphatic heterocycles. The van der Waals surface area contributed by atoms with Crippen molar-refractivity contribution in [2.24, 2.45) is 0 Å². The molecule has 2 aliphatic rings. The highest BCUT2D eigenvalue weighted by atomic mass is 15.0. The Hall–Kier alpha value is -17.4. The van der Waals surface area contributed by atoms with Crippen molar-refractivity contribution in [2.45, 2.75) is 0 Å². The van der Waals surface area contributed by atoms with Crippen LogP contribution in [0.5, 0.6) is 0 Å². The lowest BCUT2D eigenvalue weighted by atomic mass is 9.94. The van der Waals surface area contributed by atoms with Crippen molar-refractivity contribution in [3.05, 3.63) is 461 Å². The van der Waals surface area contributed by atoms with Crippen LogP contribution in [0, 0.1) is 0 Å². The number of benzene rings is 24. The van der Waals surface area contributed by atoms with Gasteiger partial charge >= 0.3 is 0 Å². The van der Waals surface area contributed by atoms with Crippen molar-refractivity contribution < 1.29 is 0 Å². The van der Waals surface area contributed by atoms with Crippen LogP contribution in [0.15, 0.2) is 461 Å². The Morgan fingerprint density at radius 1 is 0.114 bits per heavy atom. The van der Waals surface area contributed by atoms with E-state index in [0.717, 1.165) is 11.4 Å². The van der Waals surface area contributed by atoms with Crippen LogP contribution >= 0.6 is 0 Å². The molecule has 132 heavy (non-hydrogen) atoms. The SMILES string of the molecule is c1ccc2c(c1)-c1cccc3c(-c4ccc(-n5c6ccccc6c6cc(-c7ccc8c(c7)c7ccccc7n8-c7cc8ccc9ccccc9c8c8ccccc78)ccc65)cc4)ccc-2c13.c1ccc2c(c1)-c1cccc3c(-c4ccc(-n5c6ccccc6c6cc(-c7ccc8c(c7)c7ccccc7n8-c7ccc8c9ccccc9c9ccccc9c8c7)ccc65)cc4)ccc-2c13. The smallest absolute Gasteiger partial charge is 0.0546 e. The molecule has 4 heteroatoms. The quantitative estimate of drug-likeness (QED) is 0.135. The monoisotopic (exact) mass is 1670 g/mol. The molecule has 4 heterocycles. The topological polar surface area (TPSA) is 19.7 Å². The van der Waals surface area contributed by atoms with Gasteiger partial charge in [0.2, 0.25) is 0 Å². The lowest BCUT2D eigenvalue weighted by Crippen LogP contribution is -1.96. The van der Waals surface area contributed by atoms with Crippen molar-refractivity contribution in [1.82, 2.24) is 18.3 Å². The average Bonchev–Trinajstić information content (AvgIpc) is 1.48. The van der Waals surface area contributed by atoms with Gasteiger partial charge in [0.15, 0.2) is 0 Å². The van der Waals surface area contributed by atoms with Gasteiger partial charge in [-0.3, -0.25) is 0 Å². The standard InChI is InChI=1S/2C64H38N2/c1-2-14-47-45(12-1)46-13-3-6-17-50(46)57-38-43(30-31-51(47)57)66-61-23-10-8-19-53(61)59-37-41(27-35-63(59)66)40-26-34-62-58(36-40)52-18-7-9-22-60(52)65(62)42-28-24-39(25-29-42)44-32-33-56-49-16-5-4-15-48(49)55-21-11-20-54(44)64(55)56;1-2-13-46-39(12-1)24-25-43-38-62(49-16-5-6-19-54(49)63(43)46)66-59-23-10-8-18-51(59)57-37-42(29-35-61(57)66)41-28-34-60-56(36-41)50-17-7-9-22-58(50)65(60)44-30-26-40(27-31-44)45-32-33-55-48-15-4-3-14-47(48)53-21-11-20-52(45)64(53)55/h2*1-38H. The highest BCUT2D eigenvalue weighted by Crippen LogP contribution is 2.53. The summed E-state index contributed by atoms with van der Waals surface area (Å²) in [7, 11) is 0. The maximum atomic E-state index is 2.48. The molecule has 0 radical (unpaired) electrons. The zero-order valence-corrected chi connectivity index (χ0v) is 71.7. The summed E-state index contributed by atoms with van der Waals surface area (Å²) in [5.41, 5.74) is 34.7. The second kappa shape index (κ2) is 28.0. The van der Waals surface area contributed by atoms with Gasteiger partial charge in [-0.2, -0.15) is 0 Å². The number of nitrogens with zero attached hydrogens (tertiary/aromatic N) is 4. The van der Waals surface area contributed by atoms with Crippen LogP contribution in [-0.4, -0.2) is 18.3 Å². The van der Waals surface area contributed by atoms with Gasteiger partial charge in [-0.05, 0) is 285 Å². The first-order chi connectivity index (χ1) is 65.5. The van der Waals surface area contributed by atoms with Gasteiger partial charge in [0.05, 0.1) is 49.8 Å². The fraction of sp³-hybridized carbons (Fsp3) is 0. The molecule has 4 nitrogen and oxygen atoms in total. The van der Waals surface area contributed by atoms with Crippen LogP contribution in [0.2, 0.25) is 0 Å². The second-order valence-corrected chi connectivity index (χ2v) is 35.9. The summed E-state index contributed by atoms with van der Waals surface area (Å²) in [6.45, 7) is 0. The lowest BCUT2D eigenvalue weighted by Gasteiger charge is -2.16. The first-order valence-corrected chi connectivity index (χ1v) is 45.8. The van der Waals surface area contributed by atoms with Crippen LogP contribution in [0.3, 0.4) is 0 Å². The number of fused-ring (bicyclic) bond motifs is 29. The summed E-state index contributed by atoms with van der Waals surface area (Å²) < 4.78 is 9.78. The minimum Gasteiger partial charge on any atom is -0.309 e. The largest absolute Gasteiger partial charge is 0.309 e. The van der Waals surface area contributed by atoms with Gasteiger partial charge in [-0.1, -0.05) is 346 Å². The van der Waals surface area contributed by atoms with Crippen LogP contribution < -0.4 is 0 Å². The third-order valence-electron chi connectivity index (χ3n) is 29.3. The van der Waals surface area contributed by atoms with Crippen molar-refractivity contribution in [3.63, 3.8) is 0 Å². The summed E-state index contributed by atoms with van der Waals surface area (Å²) in [5, 5.41) is 30.7. The number of hydrogen-bond donors (Lipinski definition) is 0. The Morgan fingerprint density at radius 2 is 0.402 bits per heavy atom. The highest BCUT2D eigenvalue weighted by Gasteiger charge is 2.28. The molecule has 0 unspecified atom stereocenters. The molecule has 0 atom stereocenters. The Labute approximate surface area is 759 Å². The van der Waals surface area contributed by atoms with Gasteiger partial charge in [0.1, 0.15) is 0 Å².